The van der Waals surface area contributed by atoms with Crippen LogP contribution in [0.5, 0.6) is 0 Å². The van der Waals surface area contributed by atoms with Gasteiger partial charge in [0.1, 0.15) is 11.5 Å². The monoisotopic (exact) mass is 417 g/mol. The fourth-order valence-corrected chi connectivity index (χ4v) is 3.75. The van der Waals surface area contributed by atoms with E-state index in [1.807, 2.05) is 36.5 Å². The first-order chi connectivity index (χ1) is 12.1. The van der Waals surface area contributed by atoms with Gasteiger partial charge >= 0.3 is 5.97 Å². The number of hydrogen-bond acceptors (Lipinski definition) is 3. The van der Waals surface area contributed by atoms with Gasteiger partial charge in [-0.05, 0) is 35.4 Å². The first-order valence-corrected chi connectivity index (χ1v) is 8.76. The van der Waals surface area contributed by atoms with Crippen molar-refractivity contribution >= 4 is 55.4 Å². The fraction of sp³-hybridized carbons (Fsp3) is 0.105. The van der Waals surface area contributed by atoms with E-state index in [4.69, 9.17) is 20.8 Å². The van der Waals surface area contributed by atoms with Crippen LogP contribution in [0, 0.1) is 0 Å². The molecule has 25 heavy (non-hydrogen) atoms. The molecule has 1 atom stereocenters. The van der Waals surface area contributed by atoms with Crippen LogP contribution < -0.4 is 0 Å². The van der Waals surface area contributed by atoms with Crippen molar-refractivity contribution in [3.63, 3.8) is 0 Å². The largest absolute Gasteiger partial charge is 0.468 e. The molecule has 1 N–H and O–H groups in total. The highest BCUT2D eigenvalue weighted by Crippen LogP contribution is 2.38. The zero-order valence-electron chi connectivity index (χ0n) is 13.2. The van der Waals surface area contributed by atoms with Crippen molar-refractivity contribution in [2.45, 2.75) is 5.92 Å². The van der Waals surface area contributed by atoms with E-state index >= 15 is 0 Å². The molecule has 4 aromatic rings. The number of carbonyl (C=O) groups excluding carboxylic acids is 1. The van der Waals surface area contributed by atoms with Crippen molar-refractivity contribution in [2.75, 3.05) is 7.11 Å². The van der Waals surface area contributed by atoms with E-state index in [2.05, 4.69) is 20.9 Å². The van der Waals surface area contributed by atoms with Gasteiger partial charge in [-0.3, -0.25) is 4.79 Å². The molecule has 0 amide bonds. The zero-order valence-corrected chi connectivity index (χ0v) is 15.5. The van der Waals surface area contributed by atoms with Crippen LogP contribution in [0.3, 0.4) is 0 Å². The van der Waals surface area contributed by atoms with Crippen LogP contribution in [0.2, 0.25) is 5.02 Å². The molecule has 0 aliphatic carbocycles. The summed E-state index contributed by atoms with van der Waals surface area (Å²) in [5.74, 6) is -1.000. The molecule has 0 radical (unpaired) electrons. The van der Waals surface area contributed by atoms with Gasteiger partial charge in [-0.2, -0.15) is 0 Å². The molecule has 4 rings (SSSR count). The number of furan rings is 1. The molecule has 2 heterocycles. The van der Waals surface area contributed by atoms with Crippen molar-refractivity contribution in [1.29, 1.82) is 0 Å². The third-order valence-electron chi connectivity index (χ3n) is 4.31. The van der Waals surface area contributed by atoms with Gasteiger partial charge in [-0.25, -0.2) is 0 Å². The molecule has 1 unspecified atom stereocenters. The van der Waals surface area contributed by atoms with Gasteiger partial charge in [0, 0.05) is 38.0 Å². The summed E-state index contributed by atoms with van der Waals surface area (Å²) >= 11 is 9.92. The molecule has 2 aromatic carbocycles. The fourth-order valence-electron chi connectivity index (χ4n) is 3.12. The maximum atomic E-state index is 12.6. The molecule has 0 saturated carbocycles. The lowest BCUT2D eigenvalue weighted by atomic mass is 9.90. The number of methoxy groups -OCH3 is 1. The van der Waals surface area contributed by atoms with Gasteiger partial charge < -0.3 is 14.1 Å². The van der Waals surface area contributed by atoms with Crippen LogP contribution in [0.4, 0.5) is 0 Å². The second-order valence-corrected chi connectivity index (χ2v) is 7.05. The normalized spacial score (nSPS) is 12.6. The molecule has 0 spiro atoms. The Morgan fingerprint density at radius 1 is 1.24 bits per heavy atom. The lowest BCUT2D eigenvalue weighted by molar-refractivity contribution is -0.141. The summed E-state index contributed by atoms with van der Waals surface area (Å²) in [4.78, 5) is 15.8. The van der Waals surface area contributed by atoms with E-state index in [1.165, 1.54) is 7.11 Å². The van der Waals surface area contributed by atoms with Crippen molar-refractivity contribution < 1.29 is 13.9 Å². The summed E-state index contributed by atoms with van der Waals surface area (Å²) < 4.78 is 11.4. The molecule has 2 aromatic heterocycles. The standard InChI is InChI=1S/C19H13BrClNO3/c1-24-19(23)18(13-6-10-4-5-25-17(10)8-15(13)21)14-9-22-16-7-11(20)2-3-12(14)16/h2-9,18,22H,1H3. The van der Waals surface area contributed by atoms with E-state index < -0.39 is 5.92 Å². The predicted octanol–water partition coefficient (Wildman–Crippen LogP) is 5.63. The summed E-state index contributed by atoms with van der Waals surface area (Å²) in [5, 5.41) is 2.29. The number of rotatable bonds is 3. The van der Waals surface area contributed by atoms with E-state index in [1.54, 1.807) is 12.3 Å². The first-order valence-electron chi connectivity index (χ1n) is 7.59. The number of fused-ring (bicyclic) bond motifs is 2. The van der Waals surface area contributed by atoms with Crippen LogP contribution in [-0.2, 0) is 9.53 Å². The van der Waals surface area contributed by atoms with Gasteiger partial charge in [-0.1, -0.05) is 33.6 Å². The number of halogens is 2. The highest BCUT2D eigenvalue weighted by Gasteiger charge is 2.29. The second kappa shape index (κ2) is 6.24. The topological polar surface area (TPSA) is 55.2 Å². The van der Waals surface area contributed by atoms with Crippen molar-refractivity contribution in [3.05, 3.63) is 69.5 Å². The van der Waals surface area contributed by atoms with Crippen LogP contribution in [-0.4, -0.2) is 18.1 Å². The van der Waals surface area contributed by atoms with Crippen LogP contribution in [0.15, 0.2) is 57.7 Å². The second-order valence-electron chi connectivity index (χ2n) is 5.72. The third kappa shape index (κ3) is 2.73. The minimum atomic E-state index is -0.633. The Bertz CT molecular complexity index is 1100. The predicted molar refractivity (Wildman–Crippen MR) is 101 cm³/mol. The molecular formula is C19H13BrClNO3. The molecule has 0 fully saturated rings. The van der Waals surface area contributed by atoms with Crippen LogP contribution in [0.1, 0.15) is 17.0 Å². The number of carbonyl (C=O) groups is 1. The Hall–Kier alpha value is -2.24. The van der Waals surface area contributed by atoms with Gasteiger partial charge in [0.05, 0.1) is 13.4 Å². The Morgan fingerprint density at radius 3 is 2.88 bits per heavy atom. The molecule has 0 saturated heterocycles. The van der Waals surface area contributed by atoms with E-state index in [-0.39, 0.29) is 5.97 Å². The number of hydrogen-bond donors (Lipinski definition) is 1. The molecule has 0 aliphatic heterocycles. The Morgan fingerprint density at radius 2 is 2.08 bits per heavy atom. The number of nitrogens with one attached hydrogen (secondary N) is 1. The minimum Gasteiger partial charge on any atom is -0.468 e. The summed E-state index contributed by atoms with van der Waals surface area (Å²) in [6, 6.07) is 11.3. The van der Waals surface area contributed by atoms with Gasteiger partial charge in [-0.15, -0.1) is 0 Å². The van der Waals surface area contributed by atoms with Gasteiger partial charge in [0.2, 0.25) is 0 Å². The average Bonchev–Trinajstić information content (AvgIpc) is 3.21. The lowest BCUT2D eigenvalue weighted by Crippen LogP contribution is -2.16. The summed E-state index contributed by atoms with van der Waals surface area (Å²) in [6.07, 6.45) is 3.43. The Kier molecular flexibility index (Phi) is 4.06. The molecule has 4 nitrogen and oxygen atoms in total. The van der Waals surface area contributed by atoms with E-state index in [0.717, 1.165) is 26.3 Å². The Labute approximate surface area is 156 Å². The lowest BCUT2D eigenvalue weighted by Gasteiger charge is -2.16. The molecule has 0 aliphatic rings. The highest BCUT2D eigenvalue weighted by atomic mass is 79.9. The van der Waals surface area contributed by atoms with Gasteiger partial charge in [0.15, 0.2) is 0 Å². The average molecular weight is 419 g/mol. The van der Waals surface area contributed by atoms with Crippen molar-refractivity contribution in [1.82, 2.24) is 4.98 Å². The van der Waals surface area contributed by atoms with Gasteiger partial charge in [0.25, 0.3) is 0 Å². The SMILES string of the molecule is COC(=O)C(c1cc2ccoc2cc1Cl)c1c[nH]c2cc(Br)ccc12. The summed E-state index contributed by atoms with van der Waals surface area (Å²) in [7, 11) is 1.38. The summed E-state index contributed by atoms with van der Waals surface area (Å²) in [5.41, 5.74) is 3.12. The van der Waals surface area contributed by atoms with Crippen molar-refractivity contribution in [2.24, 2.45) is 0 Å². The van der Waals surface area contributed by atoms with Crippen LogP contribution in [0.25, 0.3) is 21.9 Å². The van der Waals surface area contributed by atoms with E-state index in [0.29, 0.717) is 16.2 Å². The summed E-state index contributed by atoms with van der Waals surface area (Å²) in [6.45, 7) is 0. The molecule has 6 heteroatoms. The first kappa shape index (κ1) is 16.2. The number of aromatic amines is 1. The quantitative estimate of drug-likeness (QED) is 0.438. The number of aromatic nitrogens is 1. The molecule has 0 bridgehead atoms. The number of benzene rings is 2. The zero-order chi connectivity index (χ0) is 17.6. The molecular weight excluding hydrogens is 406 g/mol. The number of ether oxygens (including phenoxy) is 1. The van der Waals surface area contributed by atoms with Crippen molar-refractivity contribution in [3.8, 4) is 0 Å². The molecule has 126 valence electrons. The smallest absolute Gasteiger partial charge is 0.317 e. The highest BCUT2D eigenvalue weighted by molar-refractivity contribution is 9.10. The minimum absolute atomic E-state index is 0.367. The maximum absolute atomic E-state index is 12.6. The van der Waals surface area contributed by atoms with Crippen LogP contribution >= 0.6 is 27.5 Å². The number of esters is 1. The van der Waals surface area contributed by atoms with E-state index in [9.17, 15) is 4.79 Å². The third-order valence-corrected chi connectivity index (χ3v) is 5.13. The number of H-pyrrole nitrogens is 1. The maximum Gasteiger partial charge on any atom is 0.317 e. The Balaban J connectivity index is 1.95.